The van der Waals surface area contributed by atoms with Crippen LogP contribution in [0.15, 0.2) is 54.9 Å². The molecule has 3 rings (SSSR count). The van der Waals surface area contributed by atoms with Crippen molar-refractivity contribution in [3.63, 3.8) is 0 Å². The Morgan fingerprint density at radius 3 is 2.39 bits per heavy atom. The number of nitro benzene ring substituents is 1. The van der Waals surface area contributed by atoms with Gasteiger partial charge in [-0.2, -0.15) is 0 Å². The number of hydrogen-bond donors (Lipinski definition) is 2. The molecule has 0 aliphatic heterocycles. The molecule has 2 aromatic carbocycles. The number of aryl methyl sites for hydroxylation is 1. The Morgan fingerprint density at radius 1 is 1.07 bits per heavy atom. The van der Waals surface area contributed by atoms with Crippen LogP contribution in [0.1, 0.15) is 6.42 Å². The zero-order valence-corrected chi connectivity index (χ0v) is 14.6. The molecule has 0 spiro atoms. The van der Waals surface area contributed by atoms with Gasteiger partial charge in [0.1, 0.15) is 0 Å². The molecule has 0 amide bonds. The fourth-order valence-electron chi connectivity index (χ4n) is 2.34. The predicted octanol–water partition coefficient (Wildman–Crippen LogP) is 2.57. The lowest BCUT2D eigenvalue weighted by Crippen LogP contribution is -2.09. The van der Waals surface area contributed by atoms with Crippen molar-refractivity contribution in [1.29, 1.82) is 0 Å². The van der Waals surface area contributed by atoms with E-state index in [-0.39, 0.29) is 5.69 Å². The van der Waals surface area contributed by atoms with E-state index in [1.54, 1.807) is 24.5 Å². The van der Waals surface area contributed by atoms with Gasteiger partial charge in [-0.3, -0.25) is 10.1 Å². The normalized spacial score (nSPS) is 10.0. The number of carbonyl (C=O) groups is 2. The summed E-state index contributed by atoms with van der Waals surface area (Å²) < 4.78 is 7.59. The maximum Gasteiger partial charge on any atom is 0.414 e. The van der Waals surface area contributed by atoms with Crippen LogP contribution in [0.3, 0.4) is 0 Å². The summed E-state index contributed by atoms with van der Waals surface area (Å²) in [5, 5.41) is 25.7. The number of benzene rings is 2. The predicted molar refractivity (Wildman–Crippen MR) is 98.2 cm³/mol. The standard InChI is InChI=1S/C16H15N3O3.C2H2O4/c20-19(21)15-8-3-4-9-16(15)22-11-5-10-18-12-17-13-6-1-2-7-14(13)18;3-1(4)2(5)6/h1-4,6-9,12H,5,10-11H2;(H,3,4)(H,5,6). The minimum atomic E-state index is -1.82. The average molecular weight is 387 g/mol. The molecule has 3 aromatic rings. The summed E-state index contributed by atoms with van der Waals surface area (Å²) in [5.41, 5.74) is 2.03. The third-order valence-corrected chi connectivity index (χ3v) is 3.57. The van der Waals surface area contributed by atoms with Gasteiger partial charge >= 0.3 is 17.6 Å². The van der Waals surface area contributed by atoms with Crippen molar-refractivity contribution in [3.8, 4) is 5.75 Å². The number of para-hydroxylation sites is 4. The summed E-state index contributed by atoms with van der Waals surface area (Å²) in [6.07, 6.45) is 2.54. The van der Waals surface area contributed by atoms with Crippen LogP contribution in [-0.2, 0) is 16.1 Å². The van der Waals surface area contributed by atoms with Crippen molar-refractivity contribution < 1.29 is 29.5 Å². The van der Waals surface area contributed by atoms with Gasteiger partial charge in [-0.15, -0.1) is 0 Å². The van der Waals surface area contributed by atoms with Crippen LogP contribution in [0, 0.1) is 10.1 Å². The highest BCUT2D eigenvalue weighted by molar-refractivity contribution is 6.27. The highest BCUT2D eigenvalue weighted by Gasteiger charge is 2.13. The molecule has 0 bridgehead atoms. The van der Waals surface area contributed by atoms with Crippen molar-refractivity contribution in [3.05, 3.63) is 65.0 Å². The van der Waals surface area contributed by atoms with Gasteiger partial charge in [0.2, 0.25) is 0 Å². The molecule has 0 radical (unpaired) electrons. The van der Waals surface area contributed by atoms with Gasteiger partial charge in [0.25, 0.3) is 0 Å². The van der Waals surface area contributed by atoms with Crippen LogP contribution >= 0.6 is 0 Å². The first-order valence-electron chi connectivity index (χ1n) is 8.12. The molecule has 2 N–H and O–H groups in total. The van der Waals surface area contributed by atoms with Gasteiger partial charge in [-0.1, -0.05) is 24.3 Å². The van der Waals surface area contributed by atoms with E-state index in [0.29, 0.717) is 12.4 Å². The number of nitrogens with zero attached hydrogens (tertiary/aromatic N) is 3. The Bertz CT molecular complexity index is 972. The molecule has 28 heavy (non-hydrogen) atoms. The number of hydrogen-bond acceptors (Lipinski definition) is 6. The Hall–Kier alpha value is -3.95. The van der Waals surface area contributed by atoms with Gasteiger partial charge in [0.15, 0.2) is 5.75 Å². The summed E-state index contributed by atoms with van der Waals surface area (Å²) in [5.74, 6) is -3.34. The molecule has 146 valence electrons. The van der Waals surface area contributed by atoms with E-state index >= 15 is 0 Å². The molecule has 1 heterocycles. The van der Waals surface area contributed by atoms with Gasteiger partial charge in [0.05, 0.1) is 28.9 Å². The third-order valence-electron chi connectivity index (χ3n) is 3.57. The van der Waals surface area contributed by atoms with Gasteiger partial charge in [-0.05, 0) is 24.6 Å². The third kappa shape index (κ3) is 5.53. The van der Waals surface area contributed by atoms with Crippen molar-refractivity contribution in [2.45, 2.75) is 13.0 Å². The number of rotatable bonds is 6. The van der Waals surface area contributed by atoms with E-state index in [1.807, 2.05) is 24.3 Å². The Labute approximate surface area is 158 Å². The van der Waals surface area contributed by atoms with Crippen LogP contribution < -0.4 is 4.74 Å². The molecule has 0 aliphatic rings. The fraction of sp³-hybridized carbons (Fsp3) is 0.167. The second-order valence-electron chi connectivity index (χ2n) is 5.46. The van der Waals surface area contributed by atoms with Crippen molar-refractivity contribution in [2.75, 3.05) is 6.61 Å². The number of aliphatic carboxylic acids is 2. The van der Waals surface area contributed by atoms with E-state index < -0.39 is 16.9 Å². The molecule has 0 saturated heterocycles. The van der Waals surface area contributed by atoms with E-state index in [0.717, 1.165) is 24.0 Å². The van der Waals surface area contributed by atoms with Crippen LogP contribution in [-0.4, -0.2) is 43.2 Å². The second-order valence-corrected chi connectivity index (χ2v) is 5.46. The SMILES string of the molecule is O=C(O)C(=O)O.O=[N+]([O-])c1ccccc1OCCCn1cnc2ccccc21. The van der Waals surface area contributed by atoms with E-state index in [9.17, 15) is 10.1 Å². The number of ether oxygens (including phenoxy) is 1. The largest absolute Gasteiger partial charge is 0.487 e. The van der Waals surface area contributed by atoms with Crippen LogP contribution in [0.25, 0.3) is 11.0 Å². The van der Waals surface area contributed by atoms with Crippen LogP contribution in [0.5, 0.6) is 5.75 Å². The number of fused-ring (bicyclic) bond motifs is 1. The first-order chi connectivity index (χ1) is 13.4. The molecular formula is C18H17N3O7. The van der Waals surface area contributed by atoms with Crippen molar-refractivity contribution in [1.82, 2.24) is 9.55 Å². The van der Waals surface area contributed by atoms with Crippen molar-refractivity contribution in [2.24, 2.45) is 0 Å². The molecule has 10 heteroatoms. The maximum atomic E-state index is 10.9. The van der Waals surface area contributed by atoms with Gasteiger partial charge in [-0.25, -0.2) is 14.6 Å². The molecule has 0 fully saturated rings. The Kier molecular flexibility index (Phi) is 7.03. The lowest BCUT2D eigenvalue weighted by molar-refractivity contribution is -0.385. The lowest BCUT2D eigenvalue weighted by Gasteiger charge is -2.07. The first kappa shape index (κ1) is 20.4. The molecule has 10 nitrogen and oxygen atoms in total. The second kappa shape index (κ2) is 9.67. The fourth-order valence-corrected chi connectivity index (χ4v) is 2.34. The minimum Gasteiger partial charge on any atom is -0.487 e. The van der Waals surface area contributed by atoms with E-state index in [1.165, 1.54) is 6.07 Å². The molecular weight excluding hydrogens is 370 g/mol. The Morgan fingerprint density at radius 2 is 1.71 bits per heavy atom. The van der Waals surface area contributed by atoms with Crippen molar-refractivity contribution >= 4 is 28.7 Å². The summed E-state index contributed by atoms with van der Waals surface area (Å²) in [6, 6.07) is 14.3. The molecule has 0 atom stereocenters. The summed E-state index contributed by atoms with van der Waals surface area (Å²) in [4.78, 5) is 33.0. The highest BCUT2D eigenvalue weighted by Crippen LogP contribution is 2.25. The zero-order valence-electron chi connectivity index (χ0n) is 14.6. The number of carboxylic acids is 2. The number of carboxylic acid groups (broad SMARTS) is 2. The minimum absolute atomic E-state index is 0.00409. The topological polar surface area (TPSA) is 145 Å². The maximum absolute atomic E-state index is 10.9. The zero-order chi connectivity index (χ0) is 20.5. The molecule has 0 aliphatic carbocycles. The smallest absolute Gasteiger partial charge is 0.414 e. The summed E-state index contributed by atoms with van der Waals surface area (Å²) in [6.45, 7) is 1.17. The van der Waals surface area contributed by atoms with E-state index in [4.69, 9.17) is 24.5 Å². The van der Waals surface area contributed by atoms with Crippen LogP contribution in [0.2, 0.25) is 0 Å². The van der Waals surface area contributed by atoms with Crippen LogP contribution in [0.4, 0.5) is 5.69 Å². The molecule has 0 saturated carbocycles. The molecule has 1 aromatic heterocycles. The van der Waals surface area contributed by atoms with Gasteiger partial charge in [0, 0.05) is 12.6 Å². The van der Waals surface area contributed by atoms with E-state index in [2.05, 4.69) is 9.55 Å². The summed E-state index contributed by atoms with van der Waals surface area (Å²) >= 11 is 0. The number of nitro groups is 1. The van der Waals surface area contributed by atoms with Gasteiger partial charge < -0.3 is 19.5 Å². The molecule has 0 unspecified atom stereocenters. The number of aromatic nitrogens is 2. The number of imidazole rings is 1. The quantitative estimate of drug-likeness (QED) is 0.284. The monoisotopic (exact) mass is 387 g/mol. The first-order valence-corrected chi connectivity index (χ1v) is 8.12. The highest BCUT2D eigenvalue weighted by atomic mass is 16.6. The summed E-state index contributed by atoms with van der Waals surface area (Å²) in [7, 11) is 0. The average Bonchev–Trinajstić information content (AvgIpc) is 3.09. The lowest BCUT2D eigenvalue weighted by atomic mass is 10.3. The Balaban J connectivity index is 0.000000409.